The van der Waals surface area contributed by atoms with Crippen LogP contribution in [0.1, 0.15) is 10.5 Å². The number of halogens is 1. The van der Waals surface area contributed by atoms with Gasteiger partial charge in [0.1, 0.15) is 0 Å². The molecule has 0 radical (unpaired) electrons. The van der Waals surface area contributed by atoms with E-state index in [-0.39, 0.29) is 17.4 Å². The molecule has 2 aromatic carbocycles. The van der Waals surface area contributed by atoms with Crippen LogP contribution in [-0.2, 0) is 4.79 Å². The maximum Gasteiger partial charge on any atom is 0.279 e. The summed E-state index contributed by atoms with van der Waals surface area (Å²) in [6, 6.07) is 18.7. The number of nitrogens with zero attached hydrogens (tertiary/aromatic N) is 5. The molecule has 0 saturated carbocycles. The van der Waals surface area contributed by atoms with Gasteiger partial charge in [0.2, 0.25) is 11.0 Å². The SMILES string of the molecule is O=C(Nc1nnc(SCC(=O)N2CCN(c3ccc(Cl)cc3)CC2)s1)c1cc(-c2ccccc2)on1. The summed E-state index contributed by atoms with van der Waals surface area (Å²) in [7, 11) is 0. The Morgan fingerprint density at radius 3 is 2.53 bits per heavy atom. The molecule has 0 unspecified atom stereocenters. The van der Waals surface area contributed by atoms with Crippen LogP contribution < -0.4 is 10.2 Å². The first-order valence-electron chi connectivity index (χ1n) is 11.1. The zero-order chi connectivity index (χ0) is 24.9. The predicted octanol–water partition coefficient (Wildman–Crippen LogP) is 4.54. The van der Waals surface area contributed by atoms with Crippen LogP contribution in [0, 0.1) is 0 Å². The van der Waals surface area contributed by atoms with Crippen LogP contribution in [0.3, 0.4) is 0 Å². The Morgan fingerprint density at radius 2 is 1.78 bits per heavy atom. The largest absolute Gasteiger partial charge is 0.368 e. The number of carbonyl (C=O) groups excluding carboxylic acids is 2. The van der Waals surface area contributed by atoms with Crippen LogP contribution in [0.5, 0.6) is 0 Å². The Kier molecular flexibility index (Phi) is 7.49. The Labute approximate surface area is 220 Å². The number of nitrogens with one attached hydrogen (secondary N) is 1. The van der Waals surface area contributed by atoms with Gasteiger partial charge in [0, 0.05) is 48.5 Å². The molecular formula is C24H21ClN6O3S2. The number of benzene rings is 2. The number of piperazine rings is 1. The van der Waals surface area contributed by atoms with Crippen molar-refractivity contribution in [3.8, 4) is 11.3 Å². The molecule has 9 nitrogen and oxygen atoms in total. The molecule has 1 aliphatic rings. The Balaban J connectivity index is 1.09. The van der Waals surface area contributed by atoms with E-state index < -0.39 is 5.91 Å². The van der Waals surface area contributed by atoms with Crippen molar-refractivity contribution < 1.29 is 14.1 Å². The van der Waals surface area contributed by atoms with Crippen molar-refractivity contribution >= 4 is 57.3 Å². The summed E-state index contributed by atoms with van der Waals surface area (Å²) in [4.78, 5) is 29.3. The van der Waals surface area contributed by atoms with Crippen LogP contribution >= 0.6 is 34.7 Å². The predicted molar refractivity (Wildman–Crippen MR) is 141 cm³/mol. The molecule has 0 bridgehead atoms. The fourth-order valence-electron chi connectivity index (χ4n) is 3.68. The molecule has 184 valence electrons. The summed E-state index contributed by atoms with van der Waals surface area (Å²) in [5, 5.41) is 15.6. The van der Waals surface area contributed by atoms with Crippen LogP contribution in [0.25, 0.3) is 11.3 Å². The lowest BCUT2D eigenvalue weighted by Gasteiger charge is -2.36. The van der Waals surface area contributed by atoms with Gasteiger partial charge in [-0.15, -0.1) is 10.2 Å². The van der Waals surface area contributed by atoms with E-state index >= 15 is 0 Å². The van der Waals surface area contributed by atoms with Crippen LogP contribution in [0.4, 0.5) is 10.8 Å². The summed E-state index contributed by atoms with van der Waals surface area (Å²) in [6.45, 7) is 2.84. The Morgan fingerprint density at radius 1 is 1.03 bits per heavy atom. The van der Waals surface area contributed by atoms with Gasteiger partial charge in [0.05, 0.1) is 5.75 Å². The minimum absolute atomic E-state index is 0.0487. The van der Waals surface area contributed by atoms with E-state index in [0.29, 0.717) is 33.3 Å². The van der Waals surface area contributed by atoms with Gasteiger partial charge in [-0.05, 0) is 24.3 Å². The van der Waals surface area contributed by atoms with Gasteiger partial charge in [-0.2, -0.15) is 0 Å². The fourth-order valence-corrected chi connectivity index (χ4v) is 5.46. The first-order chi connectivity index (χ1) is 17.5. The van der Waals surface area contributed by atoms with E-state index in [1.54, 1.807) is 6.07 Å². The maximum absolute atomic E-state index is 12.7. The average Bonchev–Trinajstić information content (AvgIpc) is 3.59. The second kappa shape index (κ2) is 11.1. The lowest BCUT2D eigenvalue weighted by molar-refractivity contribution is -0.128. The quantitative estimate of drug-likeness (QED) is 0.269. The fraction of sp³-hybridized carbons (Fsp3) is 0.208. The van der Waals surface area contributed by atoms with Crippen molar-refractivity contribution in [2.24, 2.45) is 0 Å². The molecule has 0 spiro atoms. The monoisotopic (exact) mass is 540 g/mol. The summed E-state index contributed by atoms with van der Waals surface area (Å²) in [5.41, 5.74) is 2.08. The van der Waals surface area contributed by atoms with Gasteiger partial charge >= 0.3 is 0 Å². The molecule has 1 aliphatic heterocycles. The summed E-state index contributed by atoms with van der Waals surface area (Å²) < 4.78 is 5.88. The number of anilines is 2. The van der Waals surface area contributed by atoms with Crippen LogP contribution in [0.2, 0.25) is 5.02 Å². The first kappa shape index (κ1) is 24.3. The smallest absolute Gasteiger partial charge is 0.279 e. The Bertz CT molecular complexity index is 1340. The van der Waals surface area contributed by atoms with E-state index in [1.807, 2.05) is 59.5 Å². The molecule has 0 atom stereocenters. The van der Waals surface area contributed by atoms with Crippen molar-refractivity contribution in [2.45, 2.75) is 4.34 Å². The second-order valence-electron chi connectivity index (χ2n) is 7.90. The van der Waals surface area contributed by atoms with Crippen molar-refractivity contribution in [3.63, 3.8) is 0 Å². The van der Waals surface area contributed by atoms with E-state index in [2.05, 4.69) is 25.6 Å². The van der Waals surface area contributed by atoms with E-state index in [4.69, 9.17) is 16.1 Å². The molecule has 1 N–H and O–H groups in total. The highest BCUT2D eigenvalue weighted by atomic mass is 35.5. The van der Waals surface area contributed by atoms with Crippen LogP contribution in [0.15, 0.2) is 69.5 Å². The molecule has 2 aromatic heterocycles. The zero-order valence-electron chi connectivity index (χ0n) is 19.0. The number of carbonyl (C=O) groups is 2. The minimum Gasteiger partial charge on any atom is -0.368 e. The molecule has 0 aliphatic carbocycles. The normalized spacial score (nSPS) is 13.6. The minimum atomic E-state index is -0.441. The number of thioether (sulfide) groups is 1. The topological polar surface area (TPSA) is 104 Å². The van der Waals surface area contributed by atoms with Gasteiger partial charge in [0.15, 0.2) is 15.8 Å². The molecule has 36 heavy (non-hydrogen) atoms. The molecule has 2 amide bonds. The zero-order valence-corrected chi connectivity index (χ0v) is 21.4. The van der Waals surface area contributed by atoms with E-state index in [9.17, 15) is 9.59 Å². The van der Waals surface area contributed by atoms with Gasteiger partial charge in [-0.1, -0.05) is 70.2 Å². The highest BCUT2D eigenvalue weighted by Crippen LogP contribution is 2.27. The van der Waals surface area contributed by atoms with Gasteiger partial charge in [-0.25, -0.2) is 0 Å². The summed E-state index contributed by atoms with van der Waals surface area (Å²) in [6.07, 6.45) is 0. The molecular weight excluding hydrogens is 520 g/mol. The first-order valence-corrected chi connectivity index (χ1v) is 13.3. The highest BCUT2D eigenvalue weighted by molar-refractivity contribution is 8.01. The molecule has 1 saturated heterocycles. The van der Waals surface area contributed by atoms with Crippen molar-refractivity contribution in [3.05, 3.63) is 71.4 Å². The van der Waals surface area contributed by atoms with Crippen molar-refractivity contribution in [1.29, 1.82) is 0 Å². The summed E-state index contributed by atoms with van der Waals surface area (Å²) >= 11 is 8.48. The third-order valence-electron chi connectivity index (χ3n) is 5.57. The lowest BCUT2D eigenvalue weighted by Crippen LogP contribution is -2.49. The van der Waals surface area contributed by atoms with Crippen molar-refractivity contribution in [1.82, 2.24) is 20.3 Å². The number of aromatic nitrogens is 3. The van der Waals surface area contributed by atoms with Crippen molar-refractivity contribution in [2.75, 3.05) is 42.1 Å². The van der Waals surface area contributed by atoms with Gasteiger partial charge in [0.25, 0.3) is 5.91 Å². The maximum atomic E-state index is 12.7. The number of hydrogen-bond donors (Lipinski definition) is 1. The van der Waals surface area contributed by atoms with Crippen LogP contribution in [-0.4, -0.2) is 64.0 Å². The van der Waals surface area contributed by atoms with E-state index in [1.165, 1.54) is 23.1 Å². The standard InChI is InChI=1S/C24H21ClN6O3S2/c25-17-6-8-18(9-7-17)30-10-12-31(13-11-30)21(32)15-35-24-28-27-23(36-24)26-22(33)19-14-20(34-29-19)16-4-2-1-3-5-16/h1-9,14H,10-13,15H2,(H,26,27,33). The summed E-state index contributed by atoms with van der Waals surface area (Å²) in [5.74, 6) is 0.366. The molecule has 3 heterocycles. The highest BCUT2D eigenvalue weighted by Gasteiger charge is 2.22. The van der Waals surface area contributed by atoms with Gasteiger partial charge in [-0.3, -0.25) is 14.9 Å². The number of amides is 2. The Hall–Kier alpha value is -3.41. The lowest BCUT2D eigenvalue weighted by atomic mass is 10.1. The molecule has 4 aromatic rings. The second-order valence-corrected chi connectivity index (χ2v) is 10.5. The third kappa shape index (κ3) is 5.86. The van der Waals surface area contributed by atoms with Gasteiger partial charge < -0.3 is 14.3 Å². The number of hydrogen-bond acceptors (Lipinski definition) is 9. The molecule has 1 fully saturated rings. The molecule has 12 heteroatoms. The average molecular weight is 541 g/mol. The molecule has 5 rings (SSSR count). The van der Waals surface area contributed by atoms with E-state index in [0.717, 1.165) is 24.3 Å². The number of rotatable bonds is 7. The third-order valence-corrected chi connectivity index (χ3v) is 7.78.